The van der Waals surface area contributed by atoms with E-state index in [9.17, 15) is 0 Å². The lowest BCUT2D eigenvalue weighted by molar-refractivity contribution is 0.220. The maximum atomic E-state index is 6.27. The number of aromatic nitrogens is 2. The predicted octanol–water partition coefficient (Wildman–Crippen LogP) is 5.45. The summed E-state index contributed by atoms with van der Waals surface area (Å²) in [5, 5.41) is 0.594. The Bertz CT molecular complexity index is 487. The molecule has 1 heterocycles. The second-order valence-corrected chi connectivity index (χ2v) is 7.94. The average Bonchev–Trinajstić information content (AvgIpc) is 3.17. The van der Waals surface area contributed by atoms with Gasteiger partial charge >= 0.3 is 0 Å². The van der Waals surface area contributed by atoms with Crippen molar-refractivity contribution in [3.8, 4) is 0 Å². The van der Waals surface area contributed by atoms with Crippen LogP contribution in [-0.4, -0.2) is 9.97 Å². The van der Waals surface area contributed by atoms with Gasteiger partial charge in [-0.1, -0.05) is 25.4 Å². The Balaban J connectivity index is 1.85. The predicted molar refractivity (Wildman–Crippen MR) is 81.7 cm³/mol. The van der Waals surface area contributed by atoms with Crippen molar-refractivity contribution >= 4 is 27.5 Å². The molecule has 2 saturated carbocycles. The van der Waals surface area contributed by atoms with Crippen molar-refractivity contribution in [1.29, 1.82) is 0 Å². The van der Waals surface area contributed by atoms with E-state index in [0.717, 1.165) is 16.0 Å². The summed E-state index contributed by atoms with van der Waals surface area (Å²) in [7, 11) is 0. The topological polar surface area (TPSA) is 25.8 Å². The molecule has 0 aliphatic heterocycles. The highest BCUT2D eigenvalue weighted by Crippen LogP contribution is 2.46. The van der Waals surface area contributed by atoms with E-state index in [-0.39, 0.29) is 0 Å². The van der Waals surface area contributed by atoms with Gasteiger partial charge in [0.2, 0.25) is 0 Å². The molecule has 2 nitrogen and oxygen atoms in total. The van der Waals surface area contributed by atoms with Crippen LogP contribution in [0.5, 0.6) is 0 Å². The fourth-order valence-corrected chi connectivity index (χ4v) is 3.60. The van der Waals surface area contributed by atoms with E-state index in [0.29, 0.717) is 22.4 Å². The fraction of sp³-hybridized carbons (Fsp3) is 0.733. The molecule has 19 heavy (non-hydrogen) atoms. The van der Waals surface area contributed by atoms with Gasteiger partial charge in [-0.15, -0.1) is 0 Å². The van der Waals surface area contributed by atoms with Gasteiger partial charge in [-0.3, -0.25) is 0 Å². The van der Waals surface area contributed by atoms with Crippen LogP contribution in [0.4, 0.5) is 0 Å². The Hall–Kier alpha value is -0.150. The molecule has 0 unspecified atom stereocenters. The van der Waals surface area contributed by atoms with E-state index in [1.54, 1.807) is 0 Å². The van der Waals surface area contributed by atoms with Crippen molar-refractivity contribution in [3.63, 3.8) is 0 Å². The third kappa shape index (κ3) is 2.97. The molecule has 0 spiro atoms. The first-order chi connectivity index (χ1) is 8.96. The van der Waals surface area contributed by atoms with E-state index in [1.807, 2.05) is 0 Å². The zero-order valence-electron chi connectivity index (χ0n) is 11.5. The first kappa shape index (κ1) is 13.8. The standard InChI is InChI=1S/C15H20BrClN2/c1-15(2)7-5-10(6-8-15)14-18-12(9-3-4-9)11(16)13(17)19-14/h9-10H,3-8H2,1-2H3. The molecular weight excluding hydrogens is 324 g/mol. The Morgan fingerprint density at radius 1 is 1.05 bits per heavy atom. The molecule has 0 amide bonds. The maximum absolute atomic E-state index is 6.27. The number of nitrogens with zero attached hydrogens (tertiary/aromatic N) is 2. The van der Waals surface area contributed by atoms with Crippen molar-refractivity contribution < 1.29 is 0 Å². The van der Waals surface area contributed by atoms with Gasteiger partial charge in [0.25, 0.3) is 0 Å². The van der Waals surface area contributed by atoms with E-state index < -0.39 is 0 Å². The average molecular weight is 344 g/mol. The van der Waals surface area contributed by atoms with Crippen LogP contribution in [0.25, 0.3) is 0 Å². The highest BCUT2D eigenvalue weighted by atomic mass is 79.9. The van der Waals surface area contributed by atoms with Crippen LogP contribution in [0, 0.1) is 5.41 Å². The third-order valence-corrected chi connectivity index (χ3v) is 5.81. The van der Waals surface area contributed by atoms with E-state index in [1.165, 1.54) is 38.5 Å². The summed E-state index contributed by atoms with van der Waals surface area (Å²) in [5.41, 5.74) is 1.62. The van der Waals surface area contributed by atoms with Gasteiger partial charge in [0, 0.05) is 11.8 Å². The maximum Gasteiger partial charge on any atom is 0.147 e. The van der Waals surface area contributed by atoms with Crippen LogP contribution in [0.2, 0.25) is 5.15 Å². The van der Waals surface area contributed by atoms with Gasteiger partial charge in [0.05, 0.1) is 10.2 Å². The Labute approximate surface area is 128 Å². The zero-order chi connectivity index (χ0) is 13.6. The first-order valence-electron chi connectivity index (χ1n) is 7.19. The Morgan fingerprint density at radius 2 is 1.68 bits per heavy atom. The molecule has 1 aromatic rings. The second-order valence-electron chi connectivity index (χ2n) is 6.78. The van der Waals surface area contributed by atoms with Crippen LogP contribution in [0.15, 0.2) is 4.47 Å². The molecule has 0 radical (unpaired) electrons. The summed E-state index contributed by atoms with van der Waals surface area (Å²) in [6.07, 6.45) is 7.37. The number of rotatable bonds is 2. The van der Waals surface area contributed by atoms with E-state index in [4.69, 9.17) is 16.6 Å². The summed E-state index contributed by atoms with van der Waals surface area (Å²) < 4.78 is 0.913. The molecular formula is C15H20BrClN2. The minimum absolute atomic E-state index is 0.481. The summed E-state index contributed by atoms with van der Waals surface area (Å²) in [4.78, 5) is 9.35. The third-order valence-electron chi connectivity index (χ3n) is 4.52. The minimum Gasteiger partial charge on any atom is -0.236 e. The Morgan fingerprint density at radius 3 is 2.26 bits per heavy atom. The number of hydrogen-bond donors (Lipinski definition) is 0. The summed E-state index contributed by atoms with van der Waals surface area (Å²) >= 11 is 9.81. The van der Waals surface area contributed by atoms with Crippen molar-refractivity contribution in [1.82, 2.24) is 9.97 Å². The highest BCUT2D eigenvalue weighted by molar-refractivity contribution is 9.10. The zero-order valence-corrected chi connectivity index (χ0v) is 13.9. The number of hydrogen-bond acceptors (Lipinski definition) is 2. The van der Waals surface area contributed by atoms with Crippen molar-refractivity contribution in [2.45, 2.75) is 64.2 Å². The van der Waals surface area contributed by atoms with Crippen LogP contribution in [0.3, 0.4) is 0 Å². The van der Waals surface area contributed by atoms with Gasteiger partial charge in [-0.05, 0) is 59.9 Å². The lowest BCUT2D eigenvalue weighted by Gasteiger charge is -2.33. The molecule has 2 aliphatic carbocycles. The molecule has 0 bridgehead atoms. The van der Waals surface area contributed by atoms with Gasteiger partial charge in [-0.2, -0.15) is 0 Å². The summed E-state index contributed by atoms with van der Waals surface area (Å²) in [6.45, 7) is 4.71. The molecule has 0 aromatic carbocycles. The second kappa shape index (κ2) is 5.00. The lowest BCUT2D eigenvalue weighted by Crippen LogP contribution is -2.21. The van der Waals surface area contributed by atoms with Crippen molar-refractivity contribution in [2.24, 2.45) is 5.41 Å². The quantitative estimate of drug-likeness (QED) is 0.667. The molecule has 3 rings (SSSR count). The van der Waals surface area contributed by atoms with Crippen molar-refractivity contribution in [3.05, 3.63) is 21.1 Å². The normalized spacial score (nSPS) is 23.6. The molecule has 2 fully saturated rings. The highest BCUT2D eigenvalue weighted by Gasteiger charge is 2.32. The van der Waals surface area contributed by atoms with E-state index >= 15 is 0 Å². The van der Waals surface area contributed by atoms with Gasteiger partial charge in [0.1, 0.15) is 11.0 Å². The van der Waals surface area contributed by atoms with Crippen LogP contribution >= 0.6 is 27.5 Å². The summed E-state index contributed by atoms with van der Waals surface area (Å²) in [6, 6.07) is 0. The molecule has 0 atom stereocenters. The molecule has 0 N–H and O–H groups in total. The first-order valence-corrected chi connectivity index (χ1v) is 8.36. The molecule has 4 heteroatoms. The smallest absolute Gasteiger partial charge is 0.147 e. The summed E-state index contributed by atoms with van der Waals surface area (Å²) in [5.74, 6) is 2.08. The molecule has 104 valence electrons. The van der Waals surface area contributed by atoms with Gasteiger partial charge < -0.3 is 0 Å². The SMILES string of the molecule is CC1(C)CCC(c2nc(Cl)c(Br)c(C3CC3)n2)CC1. The van der Waals surface area contributed by atoms with Gasteiger partial charge in [-0.25, -0.2) is 9.97 Å². The van der Waals surface area contributed by atoms with Gasteiger partial charge in [0.15, 0.2) is 0 Å². The van der Waals surface area contributed by atoms with Crippen LogP contribution in [0.1, 0.15) is 75.7 Å². The molecule has 1 aromatic heterocycles. The fourth-order valence-electron chi connectivity index (χ4n) is 2.92. The van der Waals surface area contributed by atoms with Crippen LogP contribution < -0.4 is 0 Å². The molecule has 0 saturated heterocycles. The lowest BCUT2D eigenvalue weighted by atomic mass is 9.73. The largest absolute Gasteiger partial charge is 0.236 e. The Kier molecular flexibility index (Phi) is 3.63. The minimum atomic E-state index is 0.481. The monoisotopic (exact) mass is 342 g/mol. The molecule has 2 aliphatic rings. The van der Waals surface area contributed by atoms with E-state index in [2.05, 4.69) is 34.8 Å². The number of halogens is 2. The van der Waals surface area contributed by atoms with Crippen molar-refractivity contribution in [2.75, 3.05) is 0 Å². The van der Waals surface area contributed by atoms with Crippen LogP contribution in [-0.2, 0) is 0 Å².